The number of aliphatic hydroxyl groups is 1. The van der Waals surface area contributed by atoms with Gasteiger partial charge >= 0.3 is 0 Å². The first-order valence-corrected chi connectivity index (χ1v) is 5.43. The number of carbonyl (C=O) groups excluding carboxylic acids is 2. The largest absolute Gasteiger partial charge is 0.387 e. The maximum atomic E-state index is 10.9. The average molecular weight is 282 g/mol. The van der Waals surface area contributed by atoms with Crippen LogP contribution in [0.1, 0.15) is 13.3 Å². The Bertz CT molecular complexity index is 205. The Balaban J connectivity index is 0. The SMILES string of the molecule is CCC(=O)NCCN(C)CCNC(=O)CO.[V]. The molecular weight excluding hydrogens is 261 g/mol. The minimum atomic E-state index is -0.476. The second-order valence-electron chi connectivity index (χ2n) is 3.51. The summed E-state index contributed by atoms with van der Waals surface area (Å²) in [6.45, 7) is 3.86. The minimum Gasteiger partial charge on any atom is -0.387 e. The van der Waals surface area contributed by atoms with Gasteiger partial charge in [0, 0.05) is 51.2 Å². The fourth-order valence-corrected chi connectivity index (χ4v) is 1.07. The van der Waals surface area contributed by atoms with Crippen LogP contribution < -0.4 is 10.6 Å². The van der Waals surface area contributed by atoms with Gasteiger partial charge in [-0.25, -0.2) is 0 Å². The van der Waals surface area contributed by atoms with Crippen molar-refractivity contribution in [2.75, 3.05) is 39.8 Å². The molecule has 0 aromatic carbocycles. The van der Waals surface area contributed by atoms with Crippen molar-refractivity contribution in [2.24, 2.45) is 0 Å². The van der Waals surface area contributed by atoms with Gasteiger partial charge in [0.1, 0.15) is 6.61 Å². The van der Waals surface area contributed by atoms with Gasteiger partial charge in [0.2, 0.25) is 11.8 Å². The summed E-state index contributed by atoms with van der Waals surface area (Å²) in [6, 6.07) is 0. The summed E-state index contributed by atoms with van der Waals surface area (Å²) in [5.41, 5.74) is 0. The zero-order chi connectivity index (χ0) is 12.4. The number of hydrogen-bond acceptors (Lipinski definition) is 4. The topological polar surface area (TPSA) is 81.7 Å². The first-order chi connectivity index (χ1) is 7.60. The molecule has 0 spiro atoms. The summed E-state index contributed by atoms with van der Waals surface area (Å²) in [7, 11) is 1.91. The molecule has 0 aliphatic heterocycles. The number of rotatable bonds is 8. The van der Waals surface area contributed by atoms with Crippen molar-refractivity contribution in [3.8, 4) is 0 Å². The third-order valence-electron chi connectivity index (χ3n) is 2.10. The van der Waals surface area contributed by atoms with Gasteiger partial charge in [-0.15, -0.1) is 0 Å². The summed E-state index contributed by atoms with van der Waals surface area (Å²) < 4.78 is 0. The van der Waals surface area contributed by atoms with E-state index in [-0.39, 0.29) is 30.4 Å². The first kappa shape index (κ1) is 18.8. The molecule has 0 rings (SSSR count). The van der Waals surface area contributed by atoms with E-state index in [2.05, 4.69) is 10.6 Å². The molecule has 99 valence electrons. The number of aliphatic hydroxyl groups excluding tert-OH is 1. The average Bonchev–Trinajstić information content (AvgIpc) is 2.28. The van der Waals surface area contributed by atoms with E-state index in [1.165, 1.54) is 0 Å². The fraction of sp³-hybridized carbons (Fsp3) is 0.800. The van der Waals surface area contributed by atoms with Crippen LogP contribution in [-0.4, -0.2) is 61.7 Å². The van der Waals surface area contributed by atoms with Crippen LogP contribution in [0, 0.1) is 0 Å². The molecular formula is C10H21N3O3V. The van der Waals surface area contributed by atoms with Crippen LogP contribution in [0.4, 0.5) is 0 Å². The zero-order valence-corrected chi connectivity index (χ0v) is 11.8. The van der Waals surface area contributed by atoms with Crippen LogP contribution in [0.3, 0.4) is 0 Å². The molecule has 0 unspecified atom stereocenters. The number of hydrogen-bond donors (Lipinski definition) is 3. The van der Waals surface area contributed by atoms with E-state index in [0.717, 1.165) is 6.54 Å². The molecule has 0 aromatic rings. The van der Waals surface area contributed by atoms with E-state index in [1.807, 2.05) is 18.9 Å². The molecule has 0 fully saturated rings. The molecule has 0 heterocycles. The molecule has 0 aromatic heterocycles. The van der Waals surface area contributed by atoms with E-state index in [9.17, 15) is 9.59 Å². The predicted octanol–water partition coefficient (Wildman–Crippen LogP) is -1.45. The third-order valence-corrected chi connectivity index (χ3v) is 2.10. The van der Waals surface area contributed by atoms with Crippen LogP contribution in [-0.2, 0) is 28.1 Å². The van der Waals surface area contributed by atoms with Gasteiger partial charge in [-0.05, 0) is 7.05 Å². The maximum absolute atomic E-state index is 10.9. The van der Waals surface area contributed by atoms with Gasteiger partial charge in [-0.2, -0.15) is 0 Å². The molecule has 0 saturated heterocycles. The summed E-state index contributed by atoms with van der Waals surface area (Å²) in [6.07, 6.45) is 0.496. The zero-order valence-electron chi connectivity index (χ0n) is 10.4. The molecule has 6 nitrogen and oxygen atoms in total. The molecule has 7 heteroatoms. The van der Waals surface area contributed by atoms with E-state index in [4.69, 9.17) is 5.11 Å². The molecule has 0 aliphatic rings. The normalized spacial score (nSPS) is 9.65. The fourth-order valence-electron chi connectivity index (χ4n) is 1.07. The van der Waals surface area contributed by atoms with Gasteiger partial charge in [0.05, 0.1) is 0 Å². The van der Waals surface area contributed by atoms with Crippen molar-refractivity contribution in [3.05, 3.63) is 0 Å². The van der Waals surface area contributed by atoms with Crippen molar-refractivity contribution in [1.29, 1.82) is 0 Å². The van der Waals surface area contributed by atoms with E-state index in [1.54, 1.807) is 0 Å². The van der Waals surface area contributed by atoms with Crippen LogP contribution >= 0.6 is 0 Å². The first-order valence-electron chi connectivity index (χ1n) is 5.43. The minimum absolute atomic E-state index is 0. The van der Waals surface area contributed by atoms with Crippen molar-refractivity contribution >= 4 is 11.8 Å². The number of nitrogens with zero attached hydrogens (tertiary/aromatic N) is 1. The van der Waals surface area contributed by atoms with Gasteiger partial charge < -0.3 is 20.6 Å². The van der Waals surface area contributed by atoms with Gasteiger partial charge in [0.25, 0.3) is 0 Å². The Morgan fingerprint density at radius 3 is 2.00 bits per heavy atom. The van der Waals surface area contributed by atoms with Crippen molar-refractivity contribution in [3.63, 3.8) is 0 Å². The summed E-state index contributed by atoms with van der Waals surface area (Å²) in [4.78, 5) is 23.6. The molecule has 0 atom stereocenters. The number of likely N-dealkylation sites (N-methyl/N-ethyl adjacent to an activating group) is 1. The van der Waals surface area contributed by atoms with Crippen LogP contribution in [0.25, 0.3) is 0 Å². The molecule has 2 amide bonds. The second kappa shape index (κ2) is 11.9. The van der Waals surface area contributed by atoms with Crippen molar-refractivity contribution < 1.29 is 33.3 Å². The Labute approximate surface area is 114 Å². The van der Waals surface area contributed by atoms with E-state index in [0.29, 0.717) is 26.1 Å². The second-order valence-corrected chi connectivity index (χ2v) is 3.51. The summed E-state index contributed by atoms with van der Waals surface area (Å²) in [5, 5.41) is 13.8. The smallest absolute Gasteiger partial charge is 0.245 e. The monoisotopic (exact) mass is 282 g/mol. The van der Waals surface area contributed by atoms with E-state index < -0.39 is 6.61 Å². The quantitative estimate of drug-likeness (QED) is 0.509. The van der Waals surface area contributed by atoms with Crippen LogP contribution in [0.2, 0.25) is 0 Å². The number of amides is 2. The number of carbonyl (C=O) groups is 2. The Morgan fingerprint density at radius 2 is 1.59 bits per heavy atom. The Hall–Kier alpha value is -0.556. The van der Waals surface area contributed by atoms with Crippen molar-refractivity contribution in [2.45, 2.75) is 13.3 Å². The predicted molar refractivity (Wildman–Crippen MR) is 60.9 cm³/mol. The van der Waals surface area contributed by atoms with Gasteiger partial charge in [-0.1, -0.05) is 6.92 Å². The van der Waals surface area contributed by atoms with E-state index >= 15 is 0 Å². The maximum Gasteiger partial charge on any atom is 0.245 e. The number of nitrogens with one attached hydrogen (secondary N) is 2. The molecule has 0 bridgehead atoms. The molecule has 17 heavy (non-hydrogen) atoms. The summed E-state index contributed by atoms with van der Waals surface area (Å²) in [5.74, 6) is -0.324. The van der Waals surface area contributed by atoms with Gasteiger partial charge in [-0.3, -0.25) is 9.59 Å². The van der Waals surface area contributed by atoms with Crippen molar-refractivity contribution in [1.82, 2.24) is 15.5 Å². The van der Waals surface area contributed by atoms with Crippen LogP contribution in [0.5, 0.6) is 0 Å². The Kier molecular flexibility index (Phi) is 13.2. The molecule has 0 saturated carbocycles. The summed E-state index contributed by atoms with van der Waals surface area (Å²) >= 11 is 0. The van der Waals surface area contributed by atoms with Gasteiger partial charge in [0.15, 0.2) is 0 Å². The third kappa shape index (κ3) is 11.7. The molecule has 0 aliphatic carbocycles. The molecule has 3 N–H and O–H groups in total. The molecule has 1 radical (unpaired) electrons. The Morgan fingerprint density at radius 1 is 1.12 bits per heavy atom. The van der Waals surface area contributed by atoms with Crippen LogP contribution in [0.15, 0.2) is 0 Å². The standard InChI is InChI=1S/C10H21N3O3.V/c1-3-9(15)11-4-6-13(2)7-5-12-10(16)8-14;/h14H,3-8H2,1-2H3,(H,11,15)(H,12,16);.